The fourth-order valence-corrected chi connectivity index (χ4v) is 3.98. The van der Waals surface area contributed by atoms with Crippen LogP contribution in [-0.4, -0.2) is 16.0 Å². The van der Waals surface area contributed by atoms with Gasteiger partial charge in [-0.1, -0.05) is 91.0 Å². The SMILES string of the molecule is CC1=C(O)C(=O)/C(=C\C(O)(c2ccccc2)c2ccccc2)C1c1ccccc1. The van der Waals surface area contributed by atoms with Crippen LogP contribution >= 0.6 is 0 Å². The van der Waals surface area contributed by atoms with Crippen LogP contribution < -0.4 is 0 Å². The van der Waals surface area contributed by atoms with E-state index in [1.165, 1.54) is 0 Å². The summed E-state index contributed by atoms with van der Waals surface area (Å²) in [5.41, 5.74) is 1.67. The standard InChI is InChI=1S/C26H22O3/c1-18-23(19-11-5-2-6-12-19)22(25(28)24(18)27)17-26(29,20-13-7-3-8-14-20)21-15-9-4-10-16-21/h2-17,23,27,29H,1H3/b22-17-. The Morgan fingerprint density at radius 1 is 0.793 bits per heavy atom. The zero-order valence-electron chi connectivity index (χ0n) is 16.1. The Labute approximate surface area is 170 Å². The number of aliphatic hydroxyl groups excluding tert-OH is 1. The van der Waals surface area contributed by atoms with Crippen molar-refractivity contribution in [2.24, 2.45) is 0 Å². The number of carbonyl (C=O) groups excluding carboxylic acids is 1. The number of hydrogen-bond donors (Lipinski definition) is 2. The largest absolute Gasteiger partial charge is 0.504 e. The van der Waals surface area contributed by atoms with E-state index in [0.717, 1.165) is 5.56 Å². The van der Waals surface area contributed by atoms with Crippen LogP contribution in [0.15, 0.2) is 114 Å². The topological polar surface area (TPSA) is 57.5 Å². The minimum absolute atomic E-state index is 0.242. The van der Waals surface area contributed by atoms with Crippen molar-refractivity contribution in [3.63, 3.8) is 0 Å². The van der Waals surface area contributed by atoms with E-state index in [1.807, 2.05) is 91.0 Å². The number of carbonyl (C=O) groups is 1. The van der Waals surface area contributed by atoms with Crippen molar-refractivity contribution in [3.8, 4) is 0 Å². The van der Waals surface area contributed by atoms with Crippen molar-refractivity contribution in [3.05, 3.63) is 131 Å². The summed E-state index contributed by atoms with van der Waals surface area (Å²) in [7, 11) is 0. The maximum atomic E-state index is 13.0. The Kier molecular flexibility index (Phi) is 4.91. The Balaban J connectivity index is 1.93. The molecule has 29 heavy (non-hydrogen) atoms. The maximum absolute atomic E-state index is 13.0. The van der Waals surface area contributed by atoms with Gasteiger partial charge in [-0.05, 0) is 35.3 Å². The molecule has 144 valence electrons. The second-order valence-electron chi connectivity index (χ2n) is 7.30. The van der Waals surface area contributed by atoms with E-state index in [9.17, 15) is 15.0 Å². The summed E-state index contributed by atoms with van der Waals surface area (Å²) >= 11 is 0. The number of allylic oxidation sites excluding steroid dienone is 2. The third kappa shape index (κ3) is 3.30. The molecule has 3 nitrogen and oxygen atoms in total. The molecule has 1 atom stereocenters. The third-order valence-corrected chi connectivity index (χ3v) is 5.52. The molecular formula is C26H22O3. The van der Waals surface area contributed by atoms with E-state index >= 15 is 0 Å². The van der Waals surface area contributed by atoms with Crippen molar-refractivity contribution < 1.29 is 15.0 Å². The summed E-state index contributed by atoms with van der Waals surface area (Å²) in [5.74, 6) is -1.09. The van der Waals surface area contributed by atoms with Crippen molar-refractivity contribution in [1.29, 1.82) is 0 Å². The summed E-state index contributed by atoms with van der Waals surface area (Å²) in [6.45, 7) is 1.76. The predicted octanol–water partition coefficient (Wildman–Crippen LogP) is 5.05. The zero-order chi connectivity index (χ0) is 20.4. The Bertz CT molecular complexity index is 1040. The Morgan fingerprint density at radius 2 is 1.24 bits per heavy atom. The molecule has 3 heteroatoms. The first-order valence-corrected chi connectivity index (χ1v) is 9.58. The summed E-state index contributed by atoms with van der Waals surface area (Å²) < 4.78 is 0. The van der Waals surface area contributed by atoms with Gasteiger partial charge in [-0.15, -0.1) is 0 Å². The first kappa shape index (κ1) is 18.9. The molecule has 0 aromatic heterocycles. The molecule has 1 aliphatic rings. The van der Waals surface area contributed by atoms with Crippen LogP contribution in [0.25, 0.3) is 0 Å². The molecule has 0 spiro atoms. The number of hydrogen-bond acceptors (Lipinski definition) is 3. The summed E-state index contributed by atoms with van der Waals surface area (Å²) in [4.78, 5) is 13.0. The van der Waals surface area contributed by atoms with Gasteiger partial charge in [-0.25, -0.2) is 0 Å². The summed E-state index contributed by atoms with van der Waals surface area (Å²) in [6.07, 6.45) is 1.60. The fraction of sp³-hybridized carbons (Fsp3) is 0.115. The predicted molar refractivity (Wildman–Crippen MR) is 113 cm³/mol. The lowest BCUT2D eigenvalue weighted by Crippen LogP contribution is -2.26. The first-order valence-electron chi connectivity index (χ1n) is 9.58. The monoisotopic (exact) mass is 382 g/mol. The molecule has 1 aliphatic carbocycles. The Morgan fingerprint density at radius 3 is 1.72 bits per heavy atom. The molecule has 0 saturated carbocycles. The molecule has 0 aliphatic heterocycles. The number of benzene rings is 3. The van der Waals surface area contributed by atoms with Crippen LogP contribution in [0.5, 0.6) is 0 Å². The number of Topliss-reactive ketones (excluding diaryl/α,β-unsaturated/α-hetero) is 1. The highest BCUT2D eigenvalue weighted by atomic mass is 16.3. The van der Waals surface area contributed by atoms with Gasteiger partial charge in [0, 0.05) is 11.5 Å². The molecule has 0 bridgehead atoms. The normalized spacial score (nSPS) is 18.5. The highest BCUT2D eigenvalue weighted by Gasteiger charge is 2.40. The lowest BCUT2D eigenvalue weighted by atomic mass is 9.81. The highest BCUT2D eigenvalue weighted by molar-refractivity contribution is 6.12. The van der Waals surface area contributed by atoms with Crippen LogP contribution in [0, 0.1) is 0 Å². The molecule has 4 rings (SSSR count). The van der Waals surface area contributed by atoms with Crippen molar-refractivity contribution in [2.45, 2.75) is 18.4 Å². The van der Waals surface area contributed by atoms with Crippen molar-refractivity contribution in [2.75, 3.05) is 0 Å². The molecular weight excluding hydrogens is 360 g/mol. The average Bonchev–Trinajstić information content (AvgIpc) is 2.99. The first-order chi connectivity index (χ1) is 14.0. The van der Waals surface area contributed by atoms with E-state index in [2.05, 4.69) is 0 Å². The van der Waals surface area contributed by atoms with Gasteiger partial charge in [0.25, 0.3) is 0 Å². The third-order valence-electron chi connectivity index (χ3n) is 5.52. The molecule has 3 aromatic carbocycles. The molecule has 0 radical (unpaired) electrons. The van der Waals surface area contributed by atoms with Gasteiger partial charge < -0.3 is 10.2 Å². The lowest BCUT2D eigenvalue weighted by molar-refractivity contribution is -0.114. The van der Waals surface area contributed by atoms with Crippen molar-refractivity contribution >= 4 is 5.78 Å². The summed E-state index contributed by atoms with van der Waals surface area (Å²) in [6, 6.07) is 28.1. The zero-order valence-corrected chi connectivity index (χ0v) is 16.1. The van der Waals surface area contributed by atoms with Gasteiger partial charge >= 0.3 is 0 Å². The molecule has 0 saturated heterocycles. The molecule has 0 heterocycles. The number of rotatable bonds is 4. The average molecular weight is 382 g/mol. The minimum Gasteiger partial charge on any atom is -0.504 e. The Hall–Kier alpha value is -3.43. The van der Waals surface area contributed by atoms with E-state index in [4.69, 9.17) is 0 Å². The van der Waals surface area contributed by atoms with Crippen LogP contribution in [0.1, 0.15) is 29.5 Å². The van der Waals surface area contributed by atoms with E-state index < -0.39 is 17.3 Å². The van der Waals surface area contributed by atoms with Gasteiger partial charge in [0.05, 0.1) is 0 Å². The van der Waals surface area contributed by atoms with Crippen LogP contribution in [0.2, 0.25) is 0 Å². The molecule has 3 aromatic rings. The molecule has 1 unspecified atom stereocenters. The molecule has 0 fully saturated rings. The molecule has 2 N–H and O–H groups in total. The second kappa shape index (κ2) is 7.53. The lowest BCUT2D eigenvalue weighted by Gasteiger charge is -2.28. The number of aliphatic hydroxyl groups is 2. The van der Waals surface area contributed by atoms with Gasteiger partial charge in [0.1, 0.15) is 5.60 Å². The van der Waals surface area contributed by atoms with Gasteiger partial charge in [0.15, 0.2) is 5.76 Å². The smallest absolute Gasteiger partial charge is 0.224 e. The van der Waals surface area contributed by atoms with Crippen LogP contribution in [-0.2, 0) is 10.4 Å². The number of ketones is 1. The highest BCUT2D eigenvalue weighted by Crippen LogP contribution is 2.43. The van der Waals surface area contributed by atoms with Gasteiger partial charge in [0.2, 0.25) is 5.78 Å². The van der Waals surface area contributed by atoms with E-state index in [-0.39, 0.29) is 5.76 Å². The van der Waals surface area contributed by atoms with E-state index in [0.29, 0.717) is 22.3 Å². The van der Waals surface area contributed by atoms with Gasteiger partial charge in [-0.2, -0.15) is 0 Å². The second-order valence-corrected chi connectivity index (χ2v) is 7.30. The quantitative estimate of drug-likeness (QED) is 0.621. The summed E-state index contributed by atoms with van der Waals surface area (Å²) in [5, 5.41) is 22.3. The maximum Gasteiger partial charge on any atom is 0.224 e. The van der Waals surface area contributed by atoms with E-state index in [1.54, 1.807) is 13.0 Å². The van der Waals surface area contributed by atoms with Crippen LogP contribution in [0.4, 0.5) is 0 Å². The van der Waals surface area contributed by atoms with Gasteiger partial charge in [-0.3, -0.25) is 4.79 Å². The van der Waals surface area contributed by atoms with Crippen LogP contribution in [0.3, 0.4) is 0 Å². The van der Waals surface area contributed by atoms with Crippen molar-refractivity contribution in [1.82, 2.24) is 0 Å². The minimum atomic E-state index is -1.51. The fourth-order valence-electron chi connectivity index (χ4n) is 3.98. The molecule has 0 amide bonds.